The van der Waals surface area contributed by atoms with E-state index in [1.54, 1.807) is 7.11 Å². The fourth-order valence-electron chi connectivity index (χ4n) is 4.34. The Morgan fingerprint density at radius 3 is 2.65 bits per heavy atom. The topological polar surface area (TPSA) is 56.1 Å². The van der Waals surface area contributed by atoms with Crippen LogP contribution in [-0.4, -0.2) is 50.8 Å². The van der Waals surface area contributed by atoms with Gasteiger partial charge in [0.05, 0.1) is 51.0 Å². The van der Waals surface area contributed by atoms with Crippen LogP contribution in [-0.2, 0) is 11.3 Å². The smallest absolute Gasteiger partial charge is 0.340 e. The van der Waals surface area contributed by atoms with Crippen molar-refractivity contribution in [3.8, 4) is 5.75 Å². The van der Waals surface area contributed by atoms with Crippen molar-refractivity contribution in [3.05, 3.63) is 65.4 Å². The molecule has 1 aromatic heterocycles. The number of nitrogens with one attached hydrogen (secondary N) is 1. The minimum absolute atomic E-state index is 0.275. The Kier molecular flexibility index (Phi) is 6.37. The lowest BCUT2D eigenvalue weighted by molar-refractivity contribution is -0.914. The summed E-state index contributed by atoms with van der Waals surface area (Å²) in [6.45, 7) is 8.76. The Labute approximate surface area is 183 Å². The van der Waals surface area contributed by atoms with Crippen molar-refractivity contribution in [1.29, 1.82) is 0 Å². The molecule has 162 valence electrons. The first kappa shape index (κ1) is 21.1. The van der Waals surface area contributed by atoms with Gasteiger partial charge in [-0.1, -0.05) is 24.3 Å². The van der Waals surface area contributed by atoms with Gasteiger partial charge in [-0.2, -0.15) is 0 Å². The van der Waals surface area contributed by atoms with Crippen LogP contribution in [0.25, 0.3) is 10.9 Å². The maximum atomic E-state index is 12.8. The van der Waals surface area contributed by atoms with Crippen LogP contribution in [0, 0.1) is 6.92 Å². The molecule has 4 rings (SSSR count). The largest absolute Gasteiger partial charge is 0.497 e. The Morgan fingerprint density at radius 1 is 1.13 bits per heavy atom. The summed E-state index contributed by atoms with van der Waals surface area (Å²) in [6.07, 6.45) is 0. The second-order valence-electron chi connectivity index (χ2n) is 7.91. The van der Waals surface area contributed by atoms with Gasteiger partial charge in [-0.15, -0.1) is 0 Å². The first-order chi connectivity index (χ1) is 15.1. The maximum Gasteiger partial charge on any atom is 0.340 e. The van der Waals surface area contributed by atoms with Gasteiger partial charge in [-0.25, -0.2) is 9.78 Å². The molecule has 2 heterocycles. The third-order valence-corrected chi connectivity index (χ3v) is 6.01. The number of benzene rings is 2. The van der Waals surface area contributed by atoms with E-state index < -0.39 is 0 Å². The zero-order valence-corrected chi connectivity index (χ0v) is 18.5. The van der Waals surface area contributed by atoms with E-state index in [-0.39, 0.29) is 5.97 Å². The molecule has 1 aliphatic rings. The van der Waals surface area contributed by atoms with Gasteiger partial charge in [-0.3, -0.25) is 0 Å². The van der Waals surface area contributed by atoms with E-state index in [0.717, 1.165) is 54.1 Å². The van der Waals surface area contributed by atoms with Crippen molar-refractivity contribution in [2.75, 3.05) is 44.8 Å². The number of pyridine rings is 1. The number of ether oxygens (including phenoxy) is 2. The summed E-state index contributed by atoms with van der Waals surface area (Å²) in [5.41, 5.74) is 4.53. The molecule has 1 fully saturated rings. The summed E-state index contributed by atoms with van der Waals surface area (Å²) in [5, 5.41) is 1.01. The molecule has 0 bridgehead atoms. The van der Waals surface area contributed by atoms with Gasteiger partial charge < -0.3 is 19.3 Å². The number of nitrogens with zero attached hydrogens (tertiary/aromatic N) is 2. The molecular weight excluding hydrogens is 390 g/mol. The number of aromatic nitrogens is 1. The number of hydrogen-bond acceptors (Lipinski definition) is 5. The van der Waals surface area contributed by atoms with Crippen LogP contribution in [0.5, 0.6) is 5.75 Å². The highest BCUT2D eigenvalue weighted by Crippen LogP contribution is 2.24. The van der Waals surface area contributed by atoms with Crippen LogP contribution in [0.3, 0.4) is 0 Å². The molecule has 0 spiro atoms. The summed E-state index contributed by atoms with van der Waals surface area (Å²) in [6, 6.07) is 16.2. The summed E-state index contributed by atoms with van der Waals surface area (Å²) >= 11 is 0. The monoisotopic (exact) mass is 420 g/mol. The van der Waals surface area contributed by atoms with E-state index >= 15 is 0 Å². The molecule has 0 atom stereocenters. The van der Waals surface area contributed by atoms with Gasteiger partial charge in [0, 0.05) is 17.1 Å². The number of rotatable bonds is 6. The van der Waals surface area contributed by atoms with Crippen LogP contribution < -0.4 is 14.5 Å². The predicted molar refractivity (Wildman–Crippen MR) is 122 cm³/mol. The number of carbonyl (C=O) groups excluding carboxylic acids is 1. The molecule has 0 saturated carbocycles. The minimum Gasteiger partial charge on any atom is -0.497 e. The third kappa shape index (κ3) is 4.49. The van der Waals surface area contributed by atoms with Crippen LogP contribution in [0.15, 0.2) is 48.5 Å². The Bertz CT molecular complexity index is 1070. The number of hydrogen-bond donors (Lipinski definition) is 1. The number of carbonyl (C=O) groups is 1. The second kappa shape index (κ2) is 9.35. The van der Waals surface area contributed by atoms with Gasteiger partial charge in [0.1, 0.15) is 18.0 Å². The van der Waals surface area contributed by atoms with Crippen molar-refractivity contribution >= 4 is 22.6 Å². The summed E-state index contributed by atoms with van der Waals surface area (Å²) < 4.78 is 10.7. The molecule has 0 radical (unpaired) electrons. The van der Waals surface area contributed by atoms with E-state index in [9.17, 15) is 4.79 Å². The molecule has 1 aliphatic heterocycles. The van der Waals surface area contributed by atoms with E-state index in [2.05, 4.69) is 17.0 Å². The Morgan fingerprint density at radius 2 is 1.90 bits per heavy atom. The zero-order valence-electron chi connectivity index (χ0n) is 18.5. The lowest BCUT2D eigenvalue weighted by Gasteiger charge is -2.34. The molecule has 0 aliphatic carbocycles. The number of aryl methyl sites for hydroxylation is 1. The molecule has 31 heavy (non-hydrogen) atoms. The summed E-state index contributed by atoms with van der Waals surface area (Å²) in [4.78, 5) is 21.5. The van der Waals surface area contributed by atoms with Gasteiger partial charge in [0.2, 0.25) is 0 Å². The molecular formula is C25H30N3O3+. The van der Waals surface area contributed by atoms with Crippen molar-refractivity contribution in [1.82, 2.24) is 4.98 Å². The van der Waals surface area contributed by atoms with Gasteiger partial charge >= 0.3 is 5.97 Å². The molecule has 6 heteroatoms. The number of para-hydroxylation sites is 1. The molecule has 1 saturated heterocycles. The van der Waals surface area contributed by atoms with E-state index in [1.807, 2.05) is 50.2 Å². The lowest BCUT2D eigenvalue weighted by atomic mass is 10.0. The number of esters is 1. The molecule has 0 amide bonds. The normalized spacial score (nSPS) is 14.6. The molecule has 2 aromatic carbocycles. The summed E-state index contributed by atoms with van der Waals surface area (Å²) in [7, 11) is 1.70. The SMILES string of the molecule is CCOC(=O)c1c(C[NH+]2CCN(c3cccc(OC)c3)CC2)nc2ccccc2c1C. The van der Waals surface area contributed by atoms with Crippen molar-refractivity contribution in [3.63, 3.8) is 0 Å². The number of fused-ring (bicyclic) bond motifs is 1. The number of piperazine rings is 1. The standard InChI is InChI=1S/C25H29N3O3/c1-4-31-25(29)24-18(2)21-10-5-6-11-22(21)26-23(24)17-27-12-14-28(15-13-27)19-8-7-9-20(16-19)30-3/h5-11,16H,4,12-15,17H2,1-3H3/p+1. The first-order valence-electron chi connectivity index (χ1n) is 10.9. The quantitative estimate of drug-likeness (QED) is 0.622. The third-order valence-electron chi connectivity index (χ3n) is 6.01. The average molecular weight is 421 g/mol. The molecule has 3 aromatic rings. The van der Waals surface area contributed by atoms with Crippen molar-refractivity contribution in [2.24, 2.45) is 0 Å². The highest BCUT2D eigenvalue weighted by molar-refractivity contribution is 5.98. The molecule has 6 nitrogen and oxygen atoms in total. The summed E-state index contributed by atoms with van der Waals surface area (Å²) in [5.74, 6) is 0.602. The number of anilines is 1. The minimum atomic E-state index is -0.275. The maximum absolute atomic E-state index is 12.8. The lowest BCUT2D eigenvalue weighted by Crippen LogP contribution is -3.13. The number of quaternary nitrogens is 1. The molecule has 1 N–H and O–H groups in total. The van der Waals surface area contributed by atoms with E-state index in [0.29, 0.717) is 18.7 Å². The first-order valence-corrected chi connectivity index (χ1v) is 10.9. The average Bonchev–Trinajstić information content (AvgIpc) is 2.80. The van der Waals surface area contributed by atoms with Crippen LogP contribution in [0.2, 0.25) is 0 Å². The zero-order chi connectivity index (χ0) is 21.8. The fourth-order valence-corrected chi connectivity index (χ4v) is 4.34. The fraction of sp³-hybridized carbons (Fsp3) is 0.360. The molecule has 0 unspecified atom stereocenters. The predicted octanol–water partition coefficient (Wildman–Crippen LogP) is 2.63. The van der Waals surface area contributed by atoms with Crippen LogP contribution in [0.1, 0.15) is 28.5 Å². The van der Waals surface area contributed by atoms with E-state index in [4.69, 9.17) is 14.5 Å². The highest BCUT2D eigenvalue weighted by Gasteiger charge is 2.26. The van der Waals surface area contributed by atoms with E-state index in [1.165, 1.54) is 10.6 Å². The highest BCUT2D eigenvalue weighted by atomic mass is 16.5. The Hall–Kier alpha value is -3.12. The van der Waals surface area contributed by atoms with Crippen molar-refractivity contribution < 1.29 is 19.2 Å². The van der Waals surface area contributed by atoms with Crippen molar-refractivity contribution in [2.45, 2.75) is 20.4 Å². The van der Waals surface area contributed by atoms with Gasteiger partial charge in [0.15, 0.2) is 0 Å². The van der Waals surface area contributed by atoms with Gasteiger partial charge in [0.25, 0.3) is 0 Å². The Balaban J connectivity index is 1.54. The second-order valence-corrected chi connectivity index (χ2v) is 7.91. The number of methoxy groups -OCH3 is 1. The van der Waals surface area contributed by atoms with Crippen LogP contribution >= 0.6 is 0 Å². The van der Waals surface area contributed by atoms with Crippen LogP contribution in [0.4, 0.5) is 5.69 Å². The van der Waals surface area contributed by atoms with Gasteiger partial charge in [-0.05, 0) is 37.6 Å².